The molecule has 7 heteroatoms. The Balaban J connectivity index is 1.56. The second-order valence-electron chi connectivity index (χ2n) is 6.05. The highest BCUT2D eigenvalue weighted by molar-refractivity contribution is 6.30. The Bertz CT molecular complexity index is 675. The van der Waals surface area contributed by atoms with E-state index in [-0.39, 0.29) is 6.54 Å². The van der Waals surface area contributed by atoms with Crippen molar-refractivity contribution in [1.82, 2.24) is 15.5 Å². The summed E-state index contributed by atoms with van der Waals surface area (Å²) in [7, 11) is 0. The Labute approximate surface area is 146 Å². The molecule has 24 heavy (non-hydrogen) atoms. The van der Waals surface area contributed by atoms with E-state index < -0.39 is 0 Å². The van der Waals surface area contributed by atoms with Crippen molar-refractivity contribution in [2.45, 2.75) is 51.1 Å². The molecule has 1 fully saturated rings. The third-order valence-corrected chi connectivity index (χ3v) is 4.41. The molecule has 1 heterocycles. The van der Waals surface area contributed by atoms with Gasteiger partial charge in [0.05, 0.1) is 0 Å². The lowest BCUT2D eigenvalue weighted by atomic mass is 10.1. The average Bonchev–Trinajstić information content (AvgIpc) is 2.91. The molecule has 0 aliphatic heterocycles. The van der Waals surface area contributed by atoms with Crippen LogP contribution in [0.4, 0.5) is 0 Å². The van der Waals surface area contributed by atoms with Crippen molar-refractivity contribution < 1.29 is 4.52 Å². The van der Waals surface area contributed by atoms with Gasteiger partial charge in [0.2, 0.25) is 11.7 Å². The second kappa shape index (κ2) is 8.15. The summed E-state index contributed by atoms with van der Waals surface area (Å²) >= 11 is 5.88. The number of rotatable bonds is 4. The number of nitrogens with one attached hydrogen (secondary N) is 1. The van der Waals surface area contributed by atoms with E-state index in [0.717, 1.165) is 18.4 Å². The van der Waals surface area contributed by atoms with E-state index in [1.165, 1.54) is 25.7 Å². The lowest BCUT2D eigenvalue weighted by Crippen LogP contribution is -2.39. The normalized spacial score (nSPS) is 16.8. The standard InChI is InChI=1S/C17H22ClN5O/c18-13-9-7-12(8-10-13)16-22-15(24-23-16)11-20-17(19)21-14-5-3-1-2-4-6-14/h7-10,14H,1-6,11H2,(H3,19,20,21). The minimum Gasteiger partial charge on any atom is -0.370 e. The Morgan fingerprint density at radius 3 is 2.62 bits per heavy atom. The van der Waals surface area contributed by atoms with Gasteiger partial charge in [-0.2, -0.15) is 4.98 Å². The Morgan fingerprint density at radius 2 is 1.92 bits per heavy atom. The topological polar surface area (TPSA) is 89.3 Å². The molecule has 0 amide bonds. The fraction of sp³-hybridized carbons (Fsp3) is 0.471. The van der Waals surface area contributed by atoms with Gasteiger partial charge in [0, 0.05) is 16.6 Å². The number of guanidine groups is 1. The van der Waals surface area contributed by atoms with Gasteiger partial charge in [-0.15, -0.1) is 0 Å². The first-order valence-corrected chi connectivity index (χ1v) is 8.73. The van der Waals surface area contributed by atoms with Crippen LogP contribution in [0.25, 0.3) is 11.4 Å². The van der Waals surface area contributed by atoms with Crippen molar-refractivity contribution in [2.75, 3.05) is 0 Å². The van der Waals surface area contributed by atoms with Crippen LogP contribution in [0.5, 0.6) is 0 Å². The molecular weight excluding hydrogens is 326 g/mol. The fourth-order valence-electron chi connectivity index (χ4n) is 2.87. The number of hydrogen-bond acceptors (Lipinski definition) is 4. The van der Waals surface area contributed by atoms with Gasteiger partial charge in [-0.3, -0.25) is 0 Å². The zero-order valence-corrected chi connectivity index (χ0v) is 14.3. The summed E-state index contributed by atoms with van der Waals surface area (Å²) in [4.78, 5) is 8.64. The first-order valence-electron chi connectivity index (χ1n) is 8.36. The van der Waals surface area contributed by atoms with Gasteiger partial charge in [-0.05, 0) is 37.1 Å². The maximum absolute atomic E-state index is 5.97. The van der Waals surface area contributed by atoms with E-state index in [1.54, 1.807) is 12.1 Å². The minimum absolute atomic E-state index is 0.270. The monoisotopic (exact) mass is 347 g/mol. The number of halogens is 1. The predicted molar refractivity (Wildman–Crippen MR) is 94.7 cm³/mol. The molecule has 0 unspecified atom stereocenters. The molecule has 0 atom stereocenters. The van der Waals surface area contributed by atoms with Crippen molar-refractivity contribution in [3.63, 3.8) is 0 Å². The van der Waals surface area contributed by atoms with E-state index in [9.17, 15) is 0 Å². The van der Waals surface area contributed by atoms with Crippen LogP contribution >= 0.6 is 11.6 Å². The smallest absolute Gasteiger partial charge is 0.248 e. The van der Waals surface area contributed by atoms with Crippen LogP contribution < -0.4 is 11.1 Å². The Morgan fingerprint density at radius 1 is 1.21 bits per heavy atom. The van der Waals surface area contributed by atoms with Gasteiger partial charge >= 0.3 is 0 Å². The van der Waals surface area contributed by atoms with E-state index in [1.807, 2.05) is 12.1 Å². The third kappa shape index (κ3) is 4.71. The molecule has 3 N–H and O–H groups in total. The second-order valence-corrected chi connectivity index (χ2v) is 6.49. The van der Waals surface area contributed by atoms with Gasteiger partial charge in [0.1, 0.15) is 6.54 Å². The lowest BCUT2D eigenvalue weighted by molar-refractivity contribution is 0.380. The van der Waals surface area contributed by atoms with Crippen molar-refractivity contribution in [3.05, 3.63) is 35.2 Å². The van der Waals surface area contributed by atoms with Crippen LogP contribution in [0.2, 0.25) is 5.02 Å². The molecule has 1 aromatic carbocycles. The molecule has 0 bridgehead atoms. The summed E-state index contributed by atoms with van der Waals surface area (Å²) in [6.07, 6.45) is 7.42. The molecule has 1 saturated carbocycles. The van der Waals surface area contributed by atoms with Gasteiger partial charge in [-0.25, -0.2) is 4.99 Å². The molecule has 3 rings (SSSR count). The van der Waals surface area contributed by atoms with Gasteiger partial charge in [0.25, 0.3) is 0 Å². The molecule has 128 valence electrons. The number of benzene rings is 1. The number of nitrogens with two attached hydrogens (primary N) is 1. The van der Waals surface area contributed by atoms with E-state index in [4.69, 9.17) is 21.9 Å². The SMILES string of the molecule is NC(=NCc1nc(-c2ccc(Cl)cc2)no1)NC1CCCCCC1. The summed E-state index contributed by atoms with van der Waals surface area (Å²) in [5, 5.41) is 7.93. The highest BCUT2D eigenvalue weighted by atomic mass is 35.5. The predicted octanol–water partition coefficient (Wildman–Crippen LogP) is 3.52. The number of hydrogen-bond donors (Lipinski definition) is 2. The van der Waals surface area contributed by atoms with E-state index in [0.29, 0.717) is 28.7 Å². The van der Waals surface area contributed by atoms with E-state index >= 15 is 0 Å². The third-order valence-electron chi connectivity index (χ3n) is 4.16. The quantitative estimate of drug-likeness (QED) is 0.501. The Hall–Kier alpha value is -2.08. The molecule has 6 nitrogen and oxygen atoms in total. The molecule has 0 radical (unpaired) electrons. The maximum Gasteiger partial charge on any atom is 0.248 e. The number of aromatic nitrogens is 2. The number of aliphatic imine (C=N–C) groups is 1. The molecular formula is C17H22ClN5O. The number of nitrogens with zero attached hydrogens (tertiary/aromatic N) is 3. The van der Waals surface area contributed by atoms with Crippen molar-refractivity contribution in [2.24, 2.45) is 10.7 Å². The van der Waals surface area contributed by atoms with Gasteiger partial charge < -0.3 is 15.6 Å². The largest absolute Gasteiger partial charge is 0.370 e. The van der Waals surface area contributed by atoms with Crippen LogP contribution in [0.1, 0.15) is 44.4 Å². The summed E-state index contributed by atoms with van der Waals surface area (Å²) in [5.74, 6) is 1.39. The zero-order valence-electron chi connectivity index (χ0n) is 13.5. The van der Waals surface area contributed by atoms with E-state index in [2.05, 4.69) is 20.4 Å². The molecule has 1 aliphatic carbocycles. The maximum atomic E-state index is 5.97. The molecule has 0 saturated heterocycles. The van der Waals surface area contributed by atoms with Crippen LogP contribution in [0, 0.1) is 0 Å². The van der Waals surface area contributed by atoms with Crippen LogP contribution in [-0.2, 0) is 6.54 Å². The molecule has 2 aromatic rings. The van der Waals surface area contributed by atoms with Gasteiger partial charge in [-0.1, -0.05) is 42.4 Å². The summed E-state index contributed by atoms with van der Waals surface area (Å²) in [5.41, 5.74) is 6.82. The molecule has 0 spiro atoms. The van der Waals surface area contributed by atoms with Crippen LogP contribution in [-0.4, -0.2) is 22.1 Å². The highest BCUT2D eigenvalue weighted by Crippen LogP contribution is 2.19. The summed E-state index contributed by atoms with van der Waals surface area (Å²) < 4.78 is 5.23. The van der Waals surface area contributed by atoms with Crippen molar-refractivity contribution >= 4 is 17.6 Å². The molecule has 1 aliphatic rings. The summed E-state index contributed by atoms with van der Waals surface area (Å²) in [6.45, 7) is 0.270. The van der Waals surface area contributed by atoms with Crippen molar-refractivity contribution in [3.8, 4) is 11.4 Å². The lowest BCUT2D eigenvalue weighted by Gasteiger charge is -2.16. The Kier molecular flexibility index (Phi) is 5.69. The first kappa shape index (κ1) is 16.8. The summed E-state index contributed by atoms with van der Waals surface area (Å²) in [6, 6.07) is 7.70. The van der Waals surface area contributed by atoms with Gasteiger partial charge in [0.15, 0.2) is 5.96 Å². The van der Waals surface area contributed by atoms with Crippen molar-refractivity contribution in [1.29, 1.82) is 0 Å². The fourth-order valence-corrected chi connectivity index (χ4v) is 2.99. The zero-order chi connectivity index (χ0) is 16.8. The molecule has 1 aromatic heterocycles. The van der Waals surface area contributed by atoms with Crippen LogP contribution in [0.3, 0.4) is 0 Å². The highest BCUT2D eigenvalue weighted by Gasteiger charge is 2.13. The minimum atomic E-state index is 0.270. The first-order chi connectivity index (χ1) is 11.7. The van der Waals surface area contributed by atoms with Crippen LogP contribution in [0.15, 0.2) is 33.8 Å². The average molecular weight is 348 g/mol.